The molecule has 1 amide bonds. The zero-order valence-electron chi connectivity index (χ0n) is 10.8. The van der Waals surface area contributed by atoms with Gasteiger partial charge in [-0.05, 0) is 36.5 Å². The minimum absolute atomic E-state index is 0.00190. The molecule has 0 spiro atoms. The molecule has 0 aliphatic heterocycles. The van der Waals surface area contributed by atoms with Crippen LogP contribution in [0.4, 0.5) is 0 Å². The van der Waals surface area contributed by atoms with E-state index < -0.39 is 0 Å². The fourth-order valence-corrected chi connectivity index (χ4v) is 2.46. The molecule has 96 valence electrons. The van der Waals surface area contributed by atoms with Crippen molar-refractivity contribution in [1.29, 1.82) is 0 Å². The monoisotopic (exact) mass is 244 g/mol. The molecule has 1 aliphatic rings. The lowest BCUT2D eigenvalue weighted by Crippen LogP contribution is -2.36. The maximum atomic E-state index is 11.8. The van der Waals surface area contributed by atoms with Crippen LogP contribution < -0.4 is 5.32 Å². The first-order chi connectivity index (χ1) is 8.74. The number of rotatable bonds is 3. The highest BCUT2D eigenvalue weighted by molar-refractivity contribution is 5.91. The Morgan fingerprint density at radius 1 is 1.50 bits per heavy atom. The topological polar surface area (TPSA) is 42.0 Å². The van der Waals surface area contributed by atoms with E-state index in [9.17, 15) is 4.79 Å². The van der Waals surface area contributed by atoms with Crippen LogP contribution in [0.15, 0.2) is 30.6 Å². The maximum Gasteiger partial charge on any atom is 0.244 e. The molecule has 1 N–H and O–H groups in total. The Kier molecular flexibility index (Phi) is 4.51. The Labute approximate surface area is 108 Å². The number of pyridine rings is 1. The molecule has 0 bridgehead atoms. The van der Waals surface area contributed by atoms with Crippen molar-refractivity contribution in [3.63, 3.8) is 0 Å². The highest BCUT2D eigenvalue weighted by atomic mass is 16.1. The molecule has 3 nitrogen and oxygen atoms in total. The SMILES string of the molecule is C[C@@H]1CCC[C@H](NC(=O)/C=C\c2cccnc2)C1. The van der Waals surface area contributed by atoms with E-state index in [4.69, 9.17) is 0 Å². The van der Waals surface area contributed by atoms with Crippen molar-refractivity contribution in [1.82, 2.24) is 10.3 Å². The third kappa shape index (κ3) is 3.99. The lowest BCUT2D eigenvalue weighted by molar-refractivity contribution is -0.117. The third-order valence-corrected chi connectivity index (χ3v) is 3.39. The molecule has 2 atom stereocenters. The number of hydrogen-bond donors (Lipinski definition) is 1. The van der Waals surface area contributed by atoms with E-state index in [1.165, 1.54) is 12.8 Å². The van der Waals surface area contributed by atoms with Crippen molar-refractivity contribution in [2.75, 3.05) is 0 Å². The molecule has 1 saturated carbocycles. The standard InChI is InChI=1S/C15H20N2O/c1-12-4-2-6-14(10-12)17-15(18)8-7-13-5-3-9-16-11-13/h3,5,7-9,11-12,14H,2,4,6,10H2,1H3,(H,17,18)/b8-7-/t12-,14+/m1/s1. The van der Waals surface area contributed by atoms with Gasteiger partial charge in [0.25, 0.3) is 0 Å². The molecule has 0 saturated heterocycles. The molecular weight excluding hydrogens is 224 g/mol. The molecule has 3 heteroatoms. The van der Waals surface area contributed by atoms with Gasteiger partial charge in [0, 0.05) is 24.5 Å². The van der Waals surface area contributed by atoms with Gasteiger partial charge in [-0.25, -0.2) is 0 Å². The largest absolute Gasteiger partial charge is 0.350 e. The number of nitrogens with one attached hydrogen (secondary N) is 1. The summed E-state index contributed by atoms with van der Waals surface area (Å²) in [5.74, 6) is 0.726. The minimum atomic E-state index is -0.00190. The van der Waals surface area contributed by atoms with Gasteiger partial charge in [0.1, 0.15) is 0 Å². The zero-order chi connectivity index (χ0) is 12.8. The van der Waals surface area contributed by atoms with Crippen LogP contribution in [0.25, 0.3) is 6.08 Å². The second kappa shape index (κ2) is 6.34. The number of amides is 1. The van der Waals surface area contributed by atoms with Crippen LogP contribution >= 0.6 is 0 Å². The van der Waals surface area contributed by atoms with Gasteiger partial charge in [-0.2, -0.15) is 0 Å². The first kappa shape index (κ1) is 12.8. The van der Waals surface area contributed by atoms with Gasteiger partial charge in [-0.15, -0.1) is 0 Å². The summed E-state index contributed by atoms with van der Waals surface area (Å²) in [6.07, 6.45) is 11.6. The molecule has 18 heavy (non-hydrogen) atoms. The van der Waals surface area contributed by atoms with Crippen LogP contribution in [0.5, 0.6) is 0 Å². The van der Waals surface area contributed by atoms with E-state index in [1.807, 2.05) is 12.1 Å². The molecule has 1 aromatic rings. The average Bonchev–Trinajstić information content (AvgIpc) is 2.38. The smallest absolute Gasteiger partial charge is 0.244 e. The second-order valence-electron chi connectivity index (χ2n) is 5.10. The predicted octanol–water partition coefficient (Wildman–Crippen LogP) is 2.79. The Bertz CT molecular complexity index is 414. The van der Waals surface area contributed by atoms with Gasteiger partial charge in [0.15, 0.2) is 0 Å². The number of nitrogens with zero attached hydrogens (tertiary/aromatic N) is 1. The molecule has 0 aromatic carbocycles. The maximum absolute atomic E-state index is 11.8. The summed E-state index contributed by atoms with van der Waals surface area (Å²) in [6.45, 7) is 2.25. The van der Waals surface area contributed by atoms with Crippen LogP contribution in [0.2, 0.25) is 0 Å². The third-order valence-electron chi connectivity index (χ3n) is 3.39. The van der Waals surface area contributed by atoms with Gasteiger partial charge < -0.3 is 5.32 Å². The van der Waals surface area contributed by atoms with E-state index in [0.717, 1.165) is 24.3 Å². The number of hydrogen-bond acceptors (Lipinski definition) is 2. The van der Waals surface area contributed by atoms with Gasteiger partial charge in [0.2, 0.25) is 5.91 Å². The first-order valence-corrected chi connectivity index (χ1v) is 6.62. The van der Waals surface area contributed by atoms with Gasteiger partial charge in [0.05, 0.1) is 0 Å². The Morgan fingerprint density at radius 3 is 3.11 bits per heavy atom. The fourth-order valence-electron chi connectivity index (χ4n) is 2.46. The molecule has 1 aromatic heterocycles. The van der Waals surface area contributed by atoms with Crippen LogP contribution in [-0.2, 0) is 4.79 Å². The van der Waals surface area contributed by atoms with Crippen molar-refractivity contribution >= 4 is 12.0 Å². The zero-order valence-corrected chi connectivity index (χ0v) is 10.8. The van der Waals surface area contributed by atoms with Gasteiger partial charge in [-0.3, -0.25) is 9.78 Å². The molecule has 0 radical (unpaired) electrons. The lowest BCUT2D eigenvalue weighted by Gasteiger charge is -2.26. The van der Waals surface area contributed by atoms with Crippen molar-refractivity contribution in [2.24, 2.45) is 5.92 Å². The van der Waals surface area contributed by atoms with Crippen LogP contribution in [0.3, 0.4) is 0 Å². The van der Waals surface area contributed by atoms with E-state index in [2.05, 4.69) is 17.2 Å². The van der Waals surface area contributed by atoms with E-state index >= 15 is 0 Å². The lowest BCUT2D eigenvalue weighted by atomic mass is 9.87. The summed E-state index contributed by atoms with van der Waals surface area (Å²) in [5, 5.41) is 3.07. The Morgan fingerprint density at radius 2 is 2.39 bits per heavy atom. The van der Waals surface area contributed by atoms with Crippen LogP contribution in [-0.4, -0.2) is 16.9 Å². The molecule has 2 rings (SSSR count). The number of aromatic nitrogens is 1. The second-order valence-corrected chi connectivity index (χ2v) is 5.10. The van der Waals surface area contributed by atoms with Gasteiger partial charge in [-0.1, -0.05) is 25.8 Å². The summed E-state index contributed by atoms with van der Waals surface area (Å²) in [7, 11) is 0. The summed E-state index contributed by atoms with van der Waals surface area (Å²) in [4.78, 5) is 15.8. The minimum Gasteiger partial charge on any atom is -0.350 e. The average molecular weight is 244 g/mol. The van der Waals surface area contributed by atoms with E-state index in [0.29, 0.717) is 6.04 Å². The molecule has 1 heterocycles. The summed E-state index contributed by atoms with van der Waals surface area (Å²) in [6, 6.07) is 4.14. The summed E-state index contributed by atoms with van der Waals surface area (Å²) < 4.78 is 0. The van der Waals surface area contributed by atoms with Crippen molar-refractivity contribution in [2.45, 2.75) is 38.6 Å². The van der Waals surface area contributed by atoms with Crippen LogP contribution in [0.1, 0.15) is 38.2 Å². The Hall–Kier alpha value is -1.64. The number of carbonyl (C=O) groups is 1. The van der Waals surface area contributed by atoms with E-state index in [-0.39, 0.29) is 5.91 Å². The van der Waals surface area contributed by atoms with E-state index in [1.54, 1.807) is 24.5 Å². The summed E-state index contributed by atoms with van der Waals surface area (Å²) in [5.41, 5.74) is 0.949. The fraction of sp³-hybridized carbons (Fsp3) is 0.467. The van der Waals surface area contributed by atoms with Crippen molar-refractivity contribution in [3.05, 3.63) is 36.2 Å². The Balaban J connectivity index is 1.83. The first-order valence-electron chi connectivity index (χ1n) is 6.62. The highest BCUT2D eigenvalue weighted by Crippen LogP contribution is 2.23. The summed E-state index contributed by atoms with van der Waals surface area (Å²) >= 11 is 0. The quantitative estimate of drug-likeness (QED) is 0.831. The normalized spacial score (nSPS) is 24.1. The molecular formula is C15H20N2O. The van der Waals surface area contributed by atoms with Crippen molar-refractivity contribution < 1.29 is 4.79 Å². The molecule has 1 aliphatic carbocycles. The van der Waals surface area contributed by atoms with Gasteiger partial charge >= 0.3 is 0 Å². The highest BCUT2D eigenvalue weighted by Gasteiger charge is 2.19. The predicted molar refractivity (Wildman–Crippen MR) is 72.8 cm³/mol. The number of carbonyl (C=O) groups excluding carboxylic acids is 1. The van der Waals surface area contributed by atoms with Crippen LogP contribution in [0, 0.1) is 5.92 Å². The molecule has 0 unspecified atom stereocenters. The molecule has 1 fully saturated rings. The van der Waals surface area contributed by atoms with Crippen molar-refractivity contribution in [3.8, 4) is 0 Å².